The Morgan fingerprint density at radius 3 is 2.84 bits per heavy atom. The average molecular weight is 336 g/mol. The number of amides is 1. The standard InChI is InChI=1S/C20H20N2O3/c1-12-7-8-16-15(13(12)2)9-17(22-16)20(23)21-10-14-11-24-18-5-3-4-6-19(18)25-14/h3-9,14,22H,10-11H2,1-2H3,(H,21,23). The van der Waals surface area contributed by atoms with Crippen molar-refractivity contribution >= 4 is 16.8 Å². The predicted octanol–water partition coefficient (Wildman–Crippen LogP) is 3.35. The zero-order valence-electron chi connectivity index (χ0n) is 14.3. The molecule has 25 heavy (non-hydrogen) atoms. The van der Waals surface area contributed by atoms with Gasteiger partial charge in [-0.25, -0.2) is 0 Å². The number of para-hydroxylation sites is 2. The van der Waals surface area contributed by atoms with E-state index in [1.54, 1.807) is 0 Å². The van der Waals surface area contributed by atoms with Gasteiger partial charge in [0.1, 0.15) is 18.4 Å². The Kier molecular flexibility index (Phi) is 3.84. The van der Waals surface area contributed by atoms with Gasteiger partial charge < -0.3 is 19.8 Å². The van der Waals surface area contributed by atoms with Crippen LogP contribution in [0.2, 0.25) is 0 Å². The molecule has 0 saturated carbocycles. The Labute approximate surface area is 146 Å². The molecule has 2 heterocycles. The van der Waals surface area contributed by atoms with Gasteiger partial charge in [0.25, 0.3) is 5.91 Å². The van der Waals surface area contributed by atoms with Gasteiger partial charge in [0.2, 0.25) is 0 Å². The van der Waals surface area contributed by atoms with Crippen LogP contribution >= 0.6 is 0 Å². The van der Waals surface area contributed by atoms with Crippen molar-refractivity contribution in [2.75, 3.05) is 13.2 Å². The lowest BCUT2D eigenvalue weighted by Crippen LogP contribution is -2.40. The Hall–Kier alpha value is -2.95. The van der Waals surface area contributed by atoms with Crippen LogP contribution < -0.4 is 14.8 Å². The Bertz CT molecular complexity index is 945. The minimum atomic E-state index is -0.202. The zero-order chi connectivity index (χ0) is 17.4. The molecule has 0 saturated heterocycles. The molecule has 5 heteroatoms. The first kappa shape index (κ1) is 15.6. The van der Waals surface area contributed by atoms with Crippen LogP contribution in [0.15, 0.2) is 42.5 Å². The number of benzene rings is 2. The quantitative estimate of drug-likeness (QED) is 0.771. The van der Waals surface area contributed by atoms with E-state index in [9.17, 15) is 4.79 Å². The monoisotopic (exact) mass is 336 g/mol. The first-order valence-corrected chi connectivity index (χ1v) is 8.37. The minimum absolute atomic E-state index is 0.143. The van der Waals surface area contributed by atoms with E-state index >= 15 is 0 Å². The summed E-state index contributed by atoms with van der Waals surface area (Å²) in [6.45, 7) is 4.94. The van der Waals surface area contributed by atoms with E-state index < -0.39 is 0 Å². The third kappa shape index (κ3) is 2.93. The first-order chi connectivity index (χ1) is 12.1. The van der Waals surface area contributed by atoms with Gasteiger partial charge in [-0.3, -0.25) is 4.79 Å². The van der Waals surface area contributed by atoms with Gasteiger partial charge in [0.15, 0.2) is 11.5 Å². The largest absolute Gasteiger partial charge is 0.486 e. The normalized spacial score (nSPS) is 16.0. The zero-order valence-corrected chi connectivity index (χ0v) is 14.3. The van der Waals surface area contributed by atoms with Crippen molar-refractivity contribution in [3.05, 3.63) is 59.3 Å². The molecule has 1 unspecified atom stereocenters. The van der Waals surface area contributed by atoms with E-state index in [4.69, 9.17) is 9.47 Å². The van der Waals surface area contributed by atoms with Crippen LogP contribution in [0.3, 0.4) is 0 Å². The fraction of sp³-hybridized carbons (Fsp3) is 0.250. The van der Waals surface area contributed by atoms with Gasteiger partial charge >= 0.3 is 0 Å². The molecule has 1 atom stereocenters. The third-order valence-electron chi connectivity index (χ3n) is 4.65. The second kappa shape index (κ2) is 6.16. The van der Waals surface area contributed by atoms with Gasteiger partial charge in [-0.1, -0.05) is 18.2 Å². The second-order valence-electron chi connectivity index (χ2n) is 6.36. The Morgan fingerprint density at radius 2 is 2.00 bits per heavy atom. The van der Waals surface area contributed by atoms with E-state index in [1.165, 1.54) is 11.1 Å². The summed E-state index contributed by atoms with van der Waals surface area (Å²) in [7, 11) is 0. The van der Waals surface area contributed by atoms with E-state index in [0.717, 1.165) is 16.7 Å². The summed E-state index contributed by atoms with van der Waals surface area (Å²) in [5.41, 5.74) is 3.93. The number of carbonyl (C=O) groups is 1. The fourth-order valence-electron chi connectivity index (χ4n) is 3.05. The van der Waals surface area contributed by atoms with Gasteiger partial charge in [0.05, 0.1) is 6.54 Å². The lowest BCUT2D eigenvalue weighted by atomic mass is 10.1. The lowest BCUT2D eigenvalue weighted by Gasteiger charge is -2.26. The molecule has 3 aromatic rings. The fourth-order valence-corrected chi connectivity index (χ4v) is 3.05. The van der Waals surface area contributed by atoms with Crippen LogP contribution in [0, 0.1) is 13.8 Å². The summed E-state index contributed by atoms with van der Waals surface area (Å²) in [5, 5.41) is 4.00. The number of rotatable bonds is 3. The number of nitrogens with one attached hydrogen (secondary N) is 2. The predicted molar refractivity (Wildman–Crippen MR) is 96.5 cm³/mol. The van der Waals surface area contributed by atoms with Crippen molar-refractivity contribution < 1.29 is 14.3 Å². The van der Waals surface area contributed by atoms with Crippen LogP contribution in [0.5, 0.6) is 11.5 Å². The maximum absolute atomic E-state index is 12.5. The molecule has 0 radical (unpaired) electrons. The smallest absolute Gasteiger partial charge is 0.267 e. The van der Waals surface area contributed by atoms with Gasteiger partial charge in [-0.05, 0) is 49.2 Å². The summed E-state index contributed by atoms with van der Waals surface area (Å²) in [6, 6.07) is 13.5. The molecule has 5 nitrogen and oxygen atoms in total. The molecule has 1 aromatic heterocycles. The summed E-state index contributed by atoms with van der Waals surface area (Å²) in [6.07, 6.45) is -0.202. The van der Waals surface area contributed by atoms with Crippen LogP contribution in [0.1, 0.15) is 21.6 Å². The Balaban J connectivity index is 1.44. The molecule has 0 fully saturated rings. The Morgan fingerprint density at radius 1 is 1.20 bits per heavy atom. The topological polar surface area (TPSA) is 63.4 Å². The molecule has 0 bridgehead atoms. The molecular weight excluding hydrogens is 316 g/mol. The average Bonchev–Trinajstić information content (AvgIpc) is 3.08. The van der Waals surface area contributed by atoms with Gasteiger partial charge in [0, 0.05) is 10.9 Å². The number of aryl methyl sites for hydroxylation is 2. The number of ether oxygens (including phenoxy) is 2. The summed E-state index contributed by atoms with van der Waals surface area (Å²) in [5.74, 6) is 1.31. The van der Waals surface area contributed by atoms with Crippen LogP contribution in [0.25, 0.3) is 10.9 Å². The molecule has 128 valence electrons. The number of fused-ring (bicyclic) bond motifs is 2. The maximum atomic E-state index is 12.5. The van der Waals surface area contributed by atoms with Crippen LogP contribution in [-0.4, -0.2) is 30.1 Å². The number of aromatic amines is 1. The highest BCUT2D eigenvalue weighted by atomic mass is 16.6. The van der Waals surface area contributed by atoms with Gasteiger partial charge in [-0.2, -0.15) is 0 Å². The molecule has 2 N–H and O–H groups in total. The maximum Gasteiger partial charge on any atom is 0.267 e. The summed E-state index contributed by atoms with van der Waals surface area (Å²) >= 11 is 0. The number of hydrogen-bond donors (Lipinski definition) is 2. The van der Waals surface area contributed by atoms with Crippen molar-refractivity contribution in [2.45, 2.75) is 20.0 Å². The van der Waals surface area contributed by atoms with Crippen molar-refractivity contribution in [3.8, 4) is 11.5 Å². The molecular formula is C20H20N2O3. The second-order valence-corrected chi connectivity index (χ2v) is 6.36. The highest BCUT2D eigenvalue weighted by Crippen LogP contribution is 2.30. The van der Waals surface area contributed by atoms with Gasteiger partial charge in [-0.15, -0.1) is 0 Å². The molecule has 2 aromatic carbocycles. The number of H-pyrrole nitrogens is 1. The van der Waals surface area contributed by atoms with E-state index in [1.807, 2.05) is 36.4 Å². The number of carbonyl (C=O) groups excluding carboxylic acids is 1. The van der Waals surface area contributed by atoms with Crippen molar-refractivity contribution in [1.29, 1.82) is 0 Å². The molecule has 1 aliphatic rings. The van der Waals surface area contributed by atoms with Crippen LogP contribution in [-0.2, 0) is 0 Å². The molecule has 4 rings (SSSR count). The highest BCUT2D eigenvalue weighted by Gasteiger charge is 2.21. The van der Waals surface area contributed by atoms with E-state index in [0.29, 0.717) is 24.6 Å². The number of aromatic nitrogens is 1. The van der Waals surface area contributed by atoms with Crippen molar-refractivity contribution in [2.24, 2.45) is 0 Å². The van der Waals surface area contributed by atoms with Crippen molar-refractivity contribution in [1.82, 2.24) is 10.3 Å². The molecule has 1 amide bonds. The van der Waals surface area contributed by atoms with E-state index in [-0.39, 0.29) is 12.0 Å². The molecule has 1 aliphatic heterocycles. The minimum Gasteiger partial charge on any atom is -0.486 e. The molecule has 0 aliphatic carbocycles. The number of hydrogen-bond acceptors (Lipinski definition) is 3. The highest BCUT2D eigenvalue weighted by molar-refractivity contribution is 5.99. The third-order valence-corrected chi connectivity index (χ3v) is 4.65. The summed E-state index contributed by atoms with van der Waals surface area (Å²) in [4.78, 5) is 15.6. The summed E-state index contributed by atoms with van der Waals surface area (Å²) < 4.78 is 11.5. The van der Waals surface area contributed by atoms with Crippen LogP contribution in [0.4, 0.5) is 0 Å². The van der Waals surface area contributed by atoms with Crippen molar-refractivity contribution in [3.63, 3.8) is 0 Å². The van der Waals surface area contributed by atoms with E-state index in [2.05, 4.69) is 30.2 Å². The molecule has 0 spiro atoms. The first-order valence-electron chi connectivity index (χ1n) is 8.37. The lowest BCUT2D eigenvalue weighted by molar-refractivity contribution is 0.0787. The SMILES string of the molecule is Cc1ccc2[nH]c(C(=O)NCC3COc4ccccc4O3)cc2c1C.